The third-order valence-electron chi connectivity index (χ3n) is 2.75. The summed E-state index contributed by atoms with van der Waals surface area (Å²) in [6, 6.07) is 5.20. The van der Waals surface area contributed by atoms with Crippen molar-refractivity contribution in [2.24, 2.45) is 5.92 Å². The Morgan fingerprint density at radius 3 is 2.60 bits per heavy atom. The van der Waals surface area contributed by atoms with Gasteiger partial charge in [0.05, 0.1) is 31.2 Å². The van der Waals surface area contributed by atoms with Crippen LogP contribution in [0.2, 0.25) is 0 Å². The van der Waals surface area contributed by atoms with Gasteiger partial charge < -0.3 is 25.6 Å². The van der Waals surface area contributed by atoms with Crippen LogP contribution >= 0.6 is 0 Å². The number of ether oxygens (including phenoxy) is 1. The van der Waals surface area contributed by atoms with Crippen LogP contribution in [0.15, 0.2) is 18.2 Å². The normalized spacial score (nSPS) is 12.1. The lowest BCUT2D eigenvalue weighted by Gasteiger charge is -2.16. The highest BCUT2D eigenvalue weighted by Crippen LogP contribution is 2.27. The number of hydrogen-bond acceptors (Lipinski definition) is 5. The van der Waals surface area contributed by atoms with Gasteiger partial charge in [0.25, 0.3) is 0 Å². The van der Waals surface area contributed by atoms with Gasteiger partial charge in [0.15, 0.2) is 0 Å². The predicted molar refractivity (Wildman–Crippen MR) is 78.0 cm³/mol. The average Bonchev–Trinajstić information content (AvgIpc) is 2.45. The minimum absolute atomic E-state index is 0.107. The van der Waals surface area contributed by atoms with E-state index in [1.807, 2.05) is 0 Å². The fraction of sp³-hybridized carbons (Fsp3) is 0.500. The van der Waals surface area contributed by atoms with Gasteiger partial charge in [-0.15, -0.1) is 0 Å². The molecule has 0 aromatic heterocycles. The van der Waals surface area contributed by atoms with E-state index in [4.69, 9.17) is 9.84 Å². The molecule has 0 aliphatic carbocycles. The molecule has 1 aromatic rings. The molecule has 4 N–H and O–H groups in total. The summed E-state index contributed by atoms with van der Waals surface area (Å²) >= 11 is 0. The van der Waals surface area contributed by atoms with Gasteiger partial charge in [-0.1, -0.05) is 13.8 Å². The van der Waals surface area contributed by atoms with Crippen molar-refractivity contribution in [3.05, 3.63) is 18.2 Å². The Morgan fingerprint density at radius 2 is 2.05 bits per heavy atom. The predicted octanol–water partition coefficient (Wildman–Crippen LogP) is 1.05. The molecular formula is C14H22N2O4. The zero-order valence-corrected chi connectivity index (χ0v) is 12.0. The molecule has 6 nitrogen and oxygen atoms in total. The maximum Gasteiger partial charge on any atom is 0.226 e. The molecule has 0 spiro atoms. The molecule has 1 aromatic carbocycles. The molecule has 0 radical (unpaired) electrons. The summed E-state index contributed by atoms with van der Waals surface area (Å²) in [5, 5.41) is 23.9. The number of aliphatic hydroxyl groups is 2. The van der Waals surface area contributed by atoms with Crippen molar-refractivity contribution in [3.63, 3.8) is 0 Å². The van der Waals surface area contributed by atoms with Gasteiger partial charge in [0, 0.05) is 18.5 Å². The van der Waals surface area contributed by atoms with Gasteiger partial charge >= 0.3 is 0 Å². The van der Waals surface area contributed by atoms with E-state index in [9.17, 15) is 9.90 Å². The monoisotopic (exact) mass is 282 g/mol. The van der Waals surface area contributed by atoms with Crippen molar-refractivity contribution in [2.75, 3.05) is 30.9 Å². The van der Waals surface area contributed by atoms with Gasteiger partial charge in [-0.3, -0.25) is 4.79 Å². The zero-order valence-electron chi connectivity index (χ0n) is 12.0. The topological polar surface area (TPSA) is 90.8 Å². The van der Waals surface area contributed by atoms with Gasteiger partial charge in [0.2, 0.25) is 5.91 Å². The van der Waals surface area contributed by atoms with E-state index in [-0.39, 0.29) is 25.0 Å². The number of anilines is 2. The molecule has 0 bridgehead atoms. The maximum atomic E-state index is 11.8. The highest BCUT2D eigenvalue weighted by molar-refractivity contribution is 5.95. The van der Waals surface area contributed by atoms with E-state index in [1.54, 1.807) is 39.2 Å². The third kappa shape index (κ3) is 4.71. The maximum absolute atomic E-state index is 11.8. The standard InChI is InChI=1S/C14H22N2O4/c1-9(2)14(19)16-13-6-11(20-3)4-5-12(13)15-7-10(18)8-17/h4-6,9-10,15,17-18H,7-8H2,1-3H3,(H,16,19). The Morgan fingerprint density at radius 1 is 1.35 bits per heavy atom. The zero-order chi connectivity index (χ0) is 15.1. The van der Waals surface area contributed by atoms with Crippen LogP contribution < -0.4 is 15.4 Å². The van der Waals surface area contributed by atoms with E-state index in [0.29, 0.717) is 17.1 Å². The lowest BCUT2D eigenvalue weighted by molar-refractivity contribution is -0.118. The second-order valence-electron chi connectivity index (χ2n) is 4.77. The lowest BCUT2D eigenvalue weighted by atomic mass is 10.2. The second kappa shape index (κ2) is 7.72. The molecule has 0 heterocycles. The van der Waals surface area contributed by atoms with Crippen molar-refractivity contribution in [1.29, 1.82) is 0 Å². The highest BCUT2D eigenvalue weighted by atomic mass is 16.5. The molecule has 0 fully saturated rings. The largest absolute Gasteiger partial charge is 0.497 e. The van der Waals surface area contributed by atoms with Crippen LogP contribution in [0, 0.1) is 5.92 Å². The van der Waals surface area contributed by atoms with E-state index in [0.717, 1.165) is 0 Å². The highest BCUT2D eigenvalue weighted by Gasteiger charge is 2.12. The molecule has 1 amide bonds. The summed E-state index contributed by atoms with van der Waals surface area (Å²) < 4.78 is 5.13. The first-order valence-corrected chi connectivity index (χ1v) is 6.49. The van der Waals surface area contributed by atoms with Crippen molar-refractivity contribution in [2.45, 2.75) is 20.0 Å². The first-order valence-electron chi connectivity index (χ1n) is 6.49. The number of hydrogen-bond donors (Lipinski definition) is 4. The molecule has 20 heavy (non-hydrogen) atoms. The van der Waals surface area contributed by atoms with Gasteiger partial charge in [-0.2, -0.15) is 0 Å². The SMILES string of the molecule is COc1ccc(NCC(O)CO)c(NC(=O)C(C)C)c1. The third-order valence-corrected chi connectivity index (χ3v) is 2.75. The number of methoxy groups -OCH3 is 1. The minimum atomic E-state index is -0.856. The van der Waals surface area contributed by atoms with E-state index < -0.39 is 6.10 Å². The summed E-state index contributed by atoms with van der Waals surface area (Å²) in [7, 11) is 1.55. The smallest absolute Gasteiger partial charge is 0.226 e. The molecule has 1 unspecified atom stereocenters. The van der Waals surface area contributed by atoms with Crippen LogP contribution in [-0.2, 0) is 4.79 Å². The summed E-state index contributed by atoms with van der Waals surface area (Å²) in [6.45, 7) is 3.47. The van der Waals surface area contributed by atoms with Gasteiger partial charge in [-0.25, -0.2) is 0 Å². The minimum Gasteiger partial charge on any atom is -0.497 e. The van der Waals surface area contributed by atoms with Crippen molar-refractivity contribution in [1.82, 2.24) is 0 Å². The van der Waals surface area contributed by atoms with E-state index >= 15 is 0 Å². The number of amides is 1. The van der Waals surface area contributed by atoms with Crippen LogP contribution in [0.5, 0.6) is 5.75 Å². The van der Waals surface area contributed by atoms with Crippen LogP contribution in [-0.4, -0.2) is 42.5 Å². The average molecular weight is 282 g/mol. The quantitative estimate of drug-likeness (QED) is 0.600. The van der Waals surface area contributed by atoms with Crippen molar-refractivity contribution < 1.29 is 19.7 Å². The first kappa shape index (κ1) is 16.3. The molecule has 0 saturated heterocycles. The summed E-state index contributed by atoms with van der Waals surface area (Å²) in [6.07, 6.45) is -0.856. The number of rotatable bonds is 7. The molecule has 1 atom stereocenters. The molecule has 112 valence electrons. The fourth-order valence-electron chi connectivity index (χ4n) is 1.48. The Hall–Kier alpha value is -1.79. The fourth-order valence-corrected chi connectivity index (χ4v) is 1.48. The molecule has 6 heteroatoms. The Bertz CT molecular complexity index is 449. The Labute approximate surface area is 118 Å². The Kier molecular flexibility index (Phi) is 6.27. The van der Waals surface area contributed by atoms with Crippen LogP contribution in [0.1, 0.15) is 13.8 Å². The number of aliphatic hydroxyl groups excluding tert-OH is 2. The van der Waals surface area contributed by atoms with Crippen molar-refractivity contribution in [3.8, 4) is 5.75 Å². The molecule has 0 aliphatic heterocycles. The molecule has 0 saturated carbocycles. The summed E-state index contributed by atoms with van der Waals surface area (Å²) in [5.41, 5.74) is 1.24. The Balaban J connectivity index is 2.88. The molecule has 1 rings (SSSR count). The first-order chi connectivity index (χ1) is 9.47. The van der Waals surface area contributed by atoms with Crippen LogP contribution in [0.4, 0.5) is 11.4 Å². The summed E-state index contributed by atoms with van der Waals surface area (Å²) in [4.78, 5) is 11.8. The van der Waals surface area contributed by atoms with Gasteiger partial charge in [-0.05, 0) is 12.1 Å². The number of benzene rings is 1. The second-order valence-corrected chi connectivity index (χ2v) is 4.77. The molecular weight excluding hydrogens is 260 g/mol. The van der Waals surface area contributed by atoms with E-state index in [2.05, 4.69) is 10.6 Å². The number of carbonyl (C=O) groups excluding carboxylic acids is 1. The van der Waals surface area contributed by atoms with Crippen molar-refractivity contribution >= 4 is 17.3 Å². The van der Waals surface area contributed by atoms with Crippen LogP contribution in [0.3, 0.4) is 0 Å². The van der Waals surface area contributed by atoms with Crippen LogP contribution in [0.25, 0.3) is 0 Å². The summed E-state index contributed by atoms with van der Waals surface area (Å²) in [5.74, 6) is 0.374. The lowest BCUT2D eigenvalue weighted by Crippen LogP contribution is -2.24. The van der Waals surface area contributed by atoms with E-state index in [1.165, 1.54) is 0 Å². The molecule has 0 aliphatic rings. The number of carbonyl (C=O) groups is 1. The number of nitrogens with one attached hydrogen (secondary N) is 2. The van der Waals surface area contributed by atoms with Gasteiger partial charge in [0.1, 0.15) is 5.75 Å².